The number of hydrogen-bond donors (Lipinski definition) is 0. The van der Waals surface area contributed by atoms with Crippen molar-refractivity contribution in [2.75, 3.05) is 18.0 Å². The van der Waals surface area contributed by atoms with Crippen molar-refractivity contribution in [2.45, 2.75) is 26.4 Å². The maximum absolute atomic E-state index is 6.21. The van der Waals surface area contributed by atoms with Crippen molar-refractivity contribution in [3.8, 4) is 5.75 Å². The van der Waals surface area contributed by atoms with E-state index in [0.717, 1.165) is 19.5 Å². The van der Waals surface area contributed by atoms with Crippen LogP contribution in [-0.4, -0.2) is 19.2 Å². The minimum Gasteiger partial charge on any atom is -0.487 e. The fraction of sp³-hybridized carbons (Fsp3) is 0.333. The Labute approximate surface area is 152 Å². The van der Waals surface area contributed by atoms with Gasteiger partial charge in [0.1, 0.15) is 11.9 Å². The summed E-state index contributed by atoms with van der Waals surface area (Å²) in [5.74, 6) is 0.567. The highest BCUT2D eigenvalue weighted by Gasteiger charge is 2.16. The third kappa shape index (κ3) is 4.94. The standard InChI is InChI=1S/C18H20Cl3NO/c1-3-14(12-22(4-2)13-8-6-5-7-9-13)23-18-11-16(20)15(19)10-17(18)21/h5-11,14H,3-4,12H2,1-2H3. The Kier molecular flexibility index (Phi) is 6.88. The first-order chi connectivity index (χ1) is 11.0. The first-order valence-electron chi connectivity index (χ1n) is 7.66. The Bertz CT molecular complexity index is 634. The number of likely N-dealkylation sites (N-methyl/N-ethyl adjacent to an activating group) is 1. The van der Waals surface area contributed by atoms with Crippen LogP contribution in [0.5, 0.6) is 5.75 Å². The van der Waals surface area contributed by atoms with Gasteiger partial charge in [0.2, 0.25) is 0 Å². The number of anilines is 1. The van der Waals surface area contributed by atoms with Crippen LogP contribution < -0.4 is 9.64 Å². The molecule has 2 rings (SSSR count). The van der Waals surface area contributed by atoms with Crippen LogP contribution in [0.15, 0.2) is 42.5 Å². The van der Waals surface area contributed by atoms with Gasteiger partial charge in [-0.2, -0.15) is 0 Å². The highest BCUT2D eigenvalue weighted by atomic mass is 35.5. The zero-order valence-electron chi connectivity index (χ0n) is 13.2. The summed E-state index contributed by atoms with van der Waals surface area (Å²) in [6.45, 7) is 5.90. The quantitative estimate of drug-likeness (QED) is 0.526. The van der Waals surface area contributed by atoms with Gasteiger partial charge in [0.25, 0.3) is 0 Å². The number of halogens is 3. The second kappa shape index (κ2) is 8.68. The van der Waals surface area contributed by atoms with Gasteiger partial charge in [-0.15, -0.1) is 0 Å². The molecule has 1 unspecified atom stereocenters. The van der Waals surface area contributed by atoms with Gasteiger partial charge in [-0.05, 0) is 31.5 Å². The van der Waals surface area contributed by atoms with E-state index in [9.17, 15) is 0 Å². The largest absolute Gasteiger partial charge is 0.487 e. The van der Waals surface area contributed by atoms with E-state index >= 15 is 0 Å². The fourth-order valence-corrected chi connectivity index (χ4v) is 2.91. The highest BCUT2D eigenvalue weighted by molar-refractivity contribution is 6.43. The van der Waals surface area contributed by atoms with Crippen LogP contribution in [0.3, 0.4) is 0 Å². The van der Waals surface area contributed by atoms with E-state index in [2.05, 4.69) is 30.9 Å². The van der Waals surface area contributed by atoms with E-state index in [1.807, 2.05) is 18.2 Å². The molecule has 0 aromatic heterocycles. The van der Waals surface area contributed by atoms with E-state index < -0.39 is 0 Å². The monoisotopic (exact) mass is 371 g/mol. The zero-order valence-corrected chi connectivity index (χ0v) is 15.5. The van der Waals surface area contributed by atoms with Gasteiger partial charge in [-0.1, -0.05) is 59.9 Å². The van der Waals surface area contributed by atoms with Gasteiger partial charge in [0, 0.05) is 18.3 Å². The number of benzene rings is 2. The lowest BCUT2D eigenvalue weighted by Crippen LogP contribution is -2.35. The Morgan fingerprint density at radius 3 is 2.22 bits per heavy atom. The summed E-state index contributed by atoms with van der Waals surface area (Å²) in [6.07, 6.45) is 0.866. The van der Waals surface area contributed by atoms with Gasteiger partial charge in [0.15, 0.2) is 0 Å². The van der Waals surface area contributed by atoms with Crippen LogP contribution in [0.25, 0.3) is 0 Å². The van der Waals surface area contributed by atoms with Crippen molar-refractivity contribution in [1.82, 2.24) is 0 Å². The second-order valence-electron chi connectivity index (χ2n) is 5.22. The molecule has 0 saturated carbocycles. The maximum atomic E-state index is 6.21. The van der Waals surface area contributed by atoms with Crippen LogP contribution in [0.1, 0.15) is 20.3 Å². The Morgan fingerprint density at radius 1 is 0.957 bits per heavy atom. The molecular formula is C18H20Cl3NO. The van der Waals surface area contributed by atoms with E-state index in [1.165, 1.54) is 5.69 Å². The summed E-state index contributed by atoms with van der Waals surface area (Å²) in [5, 5.41) is 1.34. The van der Waals surface area contributed by atoms with Crippen molar-refractivity contribution >= 4 is 40.5 Å². The van der Waals surface area contributed by atoms with Gasteiger partial charge >= 0.3 is 0 Å². The molecule has 5 heteroatoms. The lowest BCUT2D eigenvalue weighted by molar-refractivity contribution is 0.202. The van der Waals surface area contributed by atoms with Gasteiger partial charge in [-0.25, -0.2) is 0 Å². The molecule has 124 valence electrons. The molecule has 0 aliphatic heterocycles. The molecule has 0 spiro atoms. The molecule has 0 fully saturated rings. The minimum absolute atomic E-state index is 0.00454. The third-order valence-electron chi connectivity index (χ3n) is 3.65. The summed E-state index contributed by atoms with van der Waals surface area (Å²) >= 11 is 18.2. The van der Waals surface area contributed by atoms with Crippen molar-refractivity contribution < 1.29 is 4.74 Å². The van der Waals surface area contributed by atoms with Gasteiger partial charge in [0.05, 0.1) is 21.6 Å². The first kappa shape index (κ1) is 18.3. The molecule has 0 aliphatic rings. The topological polar surface area (TPSA) is 12.5 Å². The molecule has 1 atom stereocenters. The lowest BCUT2D eigenvalue weighted by atomic mass is 10.2. The molecule has 0 bridgehead atoms. The second-order valence-corrected chi connectivity index (χ2v) is 6.44. The van der Waals surface area contributed by atoms with Gasteiger partial charge < -0.3 is 9.64 Å². The summed E-state index contributed by atoms with van der Waals surface area (Å²) < 4.78 is 6.07. The number of para-hydroxylation sites is 1. The normalized spacial score (nSPS) is 12.0. The molecule has 0 radical (unpaired) electrons. The Morgan fingerprint density at radius 2 is 1.61 bits per heavy atom. The van der Waals surface area contributed by atoms with Crippen molar-refractivity contribution in [1.29, 1.82) is 0 Å². The van der Waals surface area contributed by atoms with Crippen LogP contribution in [0, 0.1) is 0 Å². The van der Waals surface area contributed by atoms with Crippen LogP contribution in [-0.2, 0) is 0 Å². The molecule has 0 N–H and O–H groups in total. The fourth-order valence-electron chi connectivity index (χ4n) is 2.33. The molecule has 2 aromatic rings. The summed E-state index contributed by atoms with van der Waals surface area (Å²) in [7, 11) is 0. The summed E-state index contributed by atoms with van der Waals surface area (Å²) in [5.41, 5.74) is 1.18. The Balaban J connectivity index is 2.12. The molecule has 0 heterocycles. The van der Waals surface area contributed by atoms with Crippen molar-refractivity contribution in [2.24, 2.45) is 0 Å². The predicted octanol–water partition coefficient (Wildman–Crippen LogP) is 6.33. The number of hydrogen-bond acceptors (Lipinski definition) is 2. The van der Waals surface area contributed by atoms with Crippen molar-refractivity contribution in [3.05, 3.63) is 57.5 Å². The van der Waals surface area contributed by atoms with Crippen LogP contribution >= 0.6 is 34.8 Å². The number of nitrogens with zero attached hydrogens (tertiary/aromatic N) is 1. The molecule has 23 heavy (non-hydrogen) atoms. The van der Waals surface area contributed by atoms with Crippen LogP contribution in [0.2, 0.25) is 15.1 Å². The third-order valence-corrected chi connectivity index (χ3v) is 4.67. The summed E-state index contributed by atoms with van der Waals surface area (Å²) in [6, 6.07) is 13.6. The van der Waals surface area contributed by atoms with Crippen LogP contribution in [0.4, 0.5) is 5.69 Å². The smallest absolute Gasteiger partial charge is 0.140 e. The molecule has 2 nitrogen and oxygen atoms in total. The zero-order chi connectivity index (χ0) is 16.8. The SMILES string of the molecule is CCC(CN(CC)c1ccccc1)Oc1cc(Cl)c(Cl)cc1Cl. The van der Waals surface area contributed by atoms with Gasteiger partial charge in [-0.3, -0.25) is 0 Å². The van der Waals surface area contributed by atoms with E-state index in [0.29, 0.717) is 20.8 Å². The molecule has 0 amide bonds. The lowest BCUT2D eigenvalue weighted by Gasteiger charge is -2.28. The maximum Gasteiger partial charge on any atom is 0.140 e. The summed E-state index contributed by atoms with van der Waals surface area (Å²) in [4.78, 5) is 2.28. The Hall–Kier alpha value is -1.09. The predicted molar refractivity (Wildman–Crippen MR) is 101 cm³/mol. The molecular weight excluding hydrogens is 353 g/mol. The molecule has 2 aromatic carbocycles. The molecule has 0 aliphatic carbocycles. The first-order valence-corrected chi connectivity index (χ1v) is 8.79. The number of ether oxygens (including phenoxy) is 1. The van der Waals surface area contributed by atoms with E-state index in [-0.39, 0.29) is 6.10 Å². The molecule has 0 saturated heterocycles. The average molecular weight is 373 g/mol. The van der Waals surface area contributed by atoms with E-state index in [1.54, 1.807) is 12.1 Å². The average Bonchev–Trinajstić information content (AvgIpc) is 2.56. The number of rotatable bonds is 7. The highest BCUT2D eigenvalue weighted by Crippen LogP contribution is 2.34. The van der Waals surface area contributed by atoms with E-state index in [4.69, 9.17) is 39.5 Å². The minimum atomic E-state index is 0.00454. The van der Waals surface area contributed by atoms with Crippen molar-refractivity contribution in [3.63, 3.8) is 0 Å².